The summed E-state index contributed by atoms with van der Waals surface area (Å²) in [5.41, 5.74) is 0.889. The van der Waals surface area contributed by atoms with Gasteiger partial charge in [0.2, 0.25) is 0 Å². The van der Waals surface area contributed by atoms with Crippen molar-refractivity contribution >= 4 is 0 Å². The van der Waals surface area contributed by atoms with E-state index in [1.165, 1.54) is 6.07 Å². The second-order valence-corrected chi connectivity index (χ2v) is 4.07. The molecule has 1 heterocycles. The van der Waals surface area contributed by atoms with Gasteiger partial charge in [0.25, 0.3) is 0 Å². The van der Waals surface area contributed by atoms with E-state index in [4.69, 9.17) is 9.15 Å². The van der Waals surface area contributed by atoms with Gasteiger partial charge in [-0.15, -0.1) is 0 Å². The molecule has 1 unspecified atom stereocenters. The molecule has 1 aromatic carbocycles. The first-order chi connectivity index (χ1) is 8.70. The molecule has 0 aliphatic rings. The summed E-state index contributed by atoms with van der Waals surface area (Å²) >= 11 is 0. The van der Waals surface area contributed by atoms with Gasteiger partial charge in [0.05, 0.1) is 6.26 Å². The number of ether oxygens (including phenoxy) is 1. The van der Waals surface area contributed by atoms with Crippen molar-refractivity contribution in [3.8, 4) is 5.75 Å². The second kappa shape index (κ2) is 5.69. The molecule has 1 atom stereocenters. The molecule has 0 spiro atoms. The molecule has 2 aromatic rings. The van der Waals surface area contributed by atoms with Crippen molar-refractivity contribution < 1.29 is 13.5 Å². The summed E-state index contributed by atoms with van der Waals surface area (Å²) in [6.07, 6.45) is 1.56. The highest BCUT2D eigenvalue weighted by Gasteiger charge is 2.09. The van der Waals surface area contributed by atoms with E-state index < -0.39 is 0 Å². The van der Waals surface area contributed by atoms with E-state index in [0.29, 0.717) is 5.76 Å². The Kier molecular flexibility index (Phi) is 3.99. The molecule has 0 saturated carbocycles. The van der Waals surface area contributed by atoms with Crippen molar-refractivity contribution in [3.63, 3.8) is 0 Å². The largest absolute Gasteiger partial charge is 0.483 e. The molecule has 2 rings (SSSR count). The Balaban J connectivity index is 2.05. The van der Waals surface area contributed by atoms with Crippen LogP contribution in [0.3, 0.4) is 0 Å². The number of rotatable bonds is 5. The van der Waals surface area contributed by atoms with Crippen molar-refractivity contribution in [2.24, 2.45) is 0 Å². The van der Waals surface area contributed by atoms with Crippen molar-refractivity contribution in [1.82, 2.24) is 5.32 Å². The molecule has 96 valence electrons. The molecule has 0 amide bonds. The number of nitrogens with one attached hydrogen (secondary N) is 1. The zero-order chi connectivity index (χ0) is 13.0. The monoisotopic (exact) mass is 249 g/mol. The maximum Gasteiger partial charge on any atom is 0.165 e. The quantitative estimate of drug-likeness (QED) is 0.883. The fourth-order valence-electron chi connectivity index (χ4n) is 1.61. The van der Waals surface area contributed by atoms with Crippen molar-refractivity contribution in [3.05, 3.63) is 53.7 Å². The van der Waals surface area contributed by atoms with Gasteiger partial charge in [0, 0.05) is 6.04 Å². The highest BCUT2D eigenvalue weighted by molar-refractivity contribution is 5.31. The van der Waals surface area contributed by atoms with Crippen LogP contribution in [0.2, 0.25) is 0 Å². The predicted molar refractivity (Wildman–Crippen MR) is 66.9 cm³/mol. The first-order valence-corrected chi connectivity index (χ1v) is 5.82. The van der Waals surface area contributed by atoms with E-state index >= 15 is 0 Å². The van der Waals surface area contributed by atoms with E-state index in [1.54, 1.807) is 24.5 Å². The third-order valence-electron chi connectivity index (χ3n) is 2.84. The summed E-state index contributed by atoms with van der Waals surface area (Å²) < 4.78 is 24.3. The zero-order valence-corrected chi connectivity index (χ0v) is 10.4. The van der Waals surface area contributed by atoms with Crippen LogP contribution in [0, 0.1) is 5.82 Å². The average molecular weight is 249 g/mol. The first kappa shape index (κ1) is 12.6. The van der Waals surface area contributed by atoms with Crippen LogP contribution in [-0.2, 0) is 6.61 Å². The van der Waals surface area contributed by atoms with Crippen molar-refractivity contribution in [2.75, 3.05) is 7.05 Å². The van der Waals surface area contributed by atoms with Crippen LogP contribution in [-0.4, -0.2) is 7.05 Å². The summed E-state index contributed by atoms with van der Waals surface area (Å²) in [6, 6.07) is 8.64. The Bertz CT molecular complexity index is 497. The van der Waals surface area contributed by atoms with Crippen LogP contribution in [0.15, 0.2) is 41.0 Å². The van der Waals surface area contributed by atoms with E-state index in [-0.39, 0.29) is 24.2 Å². The third kappa shape index (κ3) is 2.90. The Morgan fingerprint density at radius 2 is 2.22 bits per heavy atom. The molecule has 18 heavy (non-hydrogen) atoms. The van der Waals surface area contributed by atoms with Crippen molar-refractivity contribution in [1.29, 1.82) is 0 Å². The highest BCUT2D eigenvalue weighted by Crippen LogP contribution is 2.22. The van der Waals surface area contributed by atoms with E-state index in [0.717, 1.165) is 5.56 Å². The normalized spacial score (nSPS) is 12.4. The van der Waals surface area contributed by atoms with Gasteiger partial charge >= 0.3 is 0 Å². The maximum absolute atomic E-state index is 13.8. The van der Waals surface area contributed by atoms with E-state index in [9.17, 15) is 4.39 Å². The van der Waals surface area contributed by atoms with Gasteiger partial charge in [-0.05, 0) is 43.8 Å². The molecule has 3 nitrogen and oxygen atoms in total. The predicted octanol–water partition coefficient (Wildman–Crippen LogP) is 3.28. The van der Waals surface area contributed by atoms with Crippen LogP contribution in [0.4, 0.5) is 4.39 Å². The van der Waals surface area contributed by atoms with E-state index in [1.807, 2.05) is 20.0 Å². The number of hydrogen-bond acceptors (Lipinski definition) is 3. The van der Waals surface area contributed by atoms with Crippen LogP contribution in [0.5, 0.6) is 5.75 Å². The Morgan fingerprint density at radius 3 is 2.83 bits per heavy atom. The molecular weight excluding hydrogens is 233 g/mol. The highest BCUT2D eigenvalue weighted by atomic mass is 19.1. The molecule has 0 saturated heterocycles. The van der Waals surface area contributed by atoms with Gasteiger partial charge in [-0.1, -0.05) is 6.07 Å². The number of halogens is 1. The Hall–Kier alpha value is -1.81. The van der Waals surface area contributed by atoms with Gasteiger partial charge in [-0.3, -0.25) is 0 Å². The van der Waals surface area contributed by atoms with Gasteiger partial charge in [0.1, 0.15) is 12.4 Å². The third-order valence-corrected chi connectivity index (χ3v) is 2.84. The molecule has 0 fully saturated rings. The number of hydrogen-bond donors (Lipinski definition) is 1. The summed E-state index contributed by atoms with van der Waals surface area (Å²) in [6.45, 7) is 2.20. The van der Waals surface area contributed by atoms with Crippen LogP contribution < -0.4 is 10.1 Å². The first-order valence-electron chi connectivity index (χ1n) is 5.82. The summed E-state index contributed by atoms with van der Waals surface area (Å²) in [5, 5.41) is 3.06. The Labute approximate surface area is 106 Å². The van der Waals surface area contributed by atoms with Crippen LogP contribution >= 0.6 is 0 Å². The Morgan fingerprint density at radius 1 is 1.39 bits per heavy atom. The number of benzene rings is 1. The summed E-state index contributed by atoms with van der Waals surface area (Å²) in [7, 11) is 1.84. The fourth-order valence-corrected chi connectivity index (χ4v) is 1.61. The maximum atomic E-state index is 13.8. The lowest BCUT2D eigenvalue weighted by atomic mass is 10.1. The zero-order valence-electron chi connectivity index (χ0n) is 10.4. The molecule has 4 heteroatoms. The number of furan rings is 1. The second-order valence-electron chi connectivity index (χ2n) is 4.07. The molecular formula is C14H16FNO2. The molecule has 0 bridgehead atoms. The van der Waals surface area contributed by atoms with Gasteiger partial charge in [0.15, 0.2) is 11.6 Å². The smallest absolute Gasteiger partial charge is 0.165 e. The minimum atomic E-state index is -0.360. The fraction of sp³-hybridized carbons (Fsp3) is 0.286. The molecule has 1 aromatic heterocycles. The lowest BCUT2D eigenvalue weighted by Crippen LogP contribution is -2.12. The van der Waals surface area contributed by atoms with Gasteiger partial charge in [-0.2, -0.15) is 0 Å². The molecule has 1 N–H and O–H groups in total. The standard InChI is InChI=1S/C14H16FNO2/c1-10(16-2)11-5-6-14(13(15)8-11)18-9-12-4-3-7-17-12/h3-8,10,16H,9H2,1-2H3. The van der Waals surface area contributed by atoms with Crippen LogP contribution in [0.25, 0.3) is 0 Å². The van der Waals surface area contributed by atoms with Crippen LogP contribution in [0.1, 0.15) is 24.3 Å². The summed E-state index contributed by atoms with van der Waals surface area (Å²) in [5.74, 6) is 0.543. The topological polar surface area (TPSA) is 34.4 Å². The van der Waals surface area contributed by atoms with Gasteiger partial charge in [-0.25, -0.2) is 4.39 Å². The van der Waals surface area contributed by atoms with E-state index in [2.05, 4.69) is 5.32 Å². The van der Waals surface area contributed by atoms with Gasteiger partial charge < -0.3 is 14.5 Å². The minimum absolute atomic E-state index is 0.110. The minimum Gasteiger partial charge on any atom is -0.483 e. The lowest BCUT2D eigenvalue weighted by Gasteiger charge is -2.12. The summed E-state index contributed by atoms with van der Waals surface area (Å²) in [4.78, 5) is 0. The molecule has 0 radical (unpaired) electrons. The average Bonchev–Trinajstić information content (AvgIpc) is 2.89. The van der Waals surface area contributed by atoms with Crippen molar-refractivity contribution in [2.45, 2.75) is 19.6 Å². The SMILES string of the molecule is CNC(C)c1ccc(OCc2ccco2)c(F)c1. The molecule has 0 aliphatic carbocycles. The lowest BCUT2D eigenvalue weighted by molar-refractivity contribution is 0.258. The molecule has 0 aliphatic heterocycles.